The van der Waals surface area contributed by atoms with E-state index in [-0.39, 0.29) is 36.1 Å². The second kappa shape index (κ2) is 10.3. The van der Waals surface area contributed by atoms with Crippen LogP contribution in [0.5, 0.6) is 0 Å². The van der Waals surface area contributed by atoms with Gasteiger partial charge < -0.3 is 9.64 Å². The molecule has 1 amide bonds. The number of pyridine rings is 1. The fourth-order valence-corrected chi connectivity index (χ4v) is 4.92. The first-order chi connectivity index (χ1) is 16.2. The molecule has 1 aromatic carbocycles. The number of aromatic nitrogens is 1. The van der Waals surface area contributed by atoms with E-state index in [9.17, 15) is 14.0 Å². The monoisotopic (exact) mass is 467 g/mol. The number of carbonyl (C=O) groups is 2. The van der Waals surface area contributed by atoms with Crippen LogP contribution in [0.2, 0.25) is 0 Å². The average Bonchev–Trinajstić information content (AvgIpc) is 3.33. The summed E-state index contributed by atoms with van der Waals surface area (Å²) in [4.78, 5) is 34.1. The second-order valence-electron chi connectivity index (χ2n) is 9.69. The molecule has 2 aliphatic rings. The van der Waals surface area contributed by atoms with Crippen LogP contribution in [0, 0.1) is 26.6 Å². The van der Waals surface area contributed by atoms with Gasteiger partial charge in [0.15, 0.2) is 5.78 Å². The SMILES string of the molecule is Cc1cc(C(=O)Cc2cc(F)cc(CN3CCN(C(=O)[C@H]4CCCO4)[C@@H](C)C3)c2C)cnc1C. The van der Waals surface area contributed by atoms with Crippen LogP contribution in [0.3, 0.4) is 0 Å². The quantitative estimate of drug-likeness (QED) is 0.605. The third kappa shape index (κ3) is 5.36. The van der Waals surface area contributed by atoms with Crippen molar-refractivity contribution in [1.82, 2.24) is 14.8 Å². The molecule has 2 aromatic rings. The molecule has 0 aliphatic carbocycles. The number of carbonyl (C=O) groups excluding carboxylic acids is 2. The Morgan fingerprint density at radius 2 is 1.91 bits per heavy atom. The summed E-state index contributed by atoms with van der Waals surface area (Å²) < 4.78 is 20.1. The summed E-state index contributed by atoms with van der Waals surface area (Å²) in [5.74, 6) is -0.305. The third-order valence-corrected chi connectivity index (χ3v) is 7.19. The zero-order valence-corrected chi connectivity index (χ0v) is 20.6. The molecule has 34 heavy (non-hydrogen) atoms. The molecule has 3 heterocycles. The molecular formula is C27H34FN3O3. The van der Waals surface area contributed by atoms with Crippen molar-refractivity contribution in [1.29, 1.82) is 0 Å². The fraction of sp³-hybridized carbons (Fsp3) is 0.519. The average molecular weight is 468 g/mol. The molecule has 0 spiro atoms. The number of ether oxygens (including phenoxy) is 1. The molecule has 2 atom stereocenters. The van der Waals surface area contributed by atoms with Crippen LogP contribution < -0.4 is 0 Å². The van der Waals surface area contributed by atoms with Gasteiger partial charge in [0, 0.05) is 62.7 Å². The first kappa shape index (κ1) is 24.5. The van der Waals surface area contributed by atoms with Gasteiger partial charge in [-0.05, 0) is 81.0 Å². The number of Topliss-reactive ketones (excluding diaryl/α,β-unsaturated/α-hetero) is 1. The molecule has 2 fully saturated rings. The van der Waals surface area contributed by atoms with Crippen molar-refractivity contribution < 1.29 is 18.7 Å². The summed E-state index contributed by atoms with van der Waals surface area (Å²) in [6.07, 6.45) is 3.18. The van der Waals surface area contributed by atoms with Crippen molar-refractivity contribution in [2.24, 2.45) is 0 Å². The second-order valence-corrected chi connectivity index (χ2v) is 9.69. The Labute approximate surface area is 201 Å². The number of hydrogen-bond acceptors (Lipinski definition) is 5. The van der Waals surface area contributed by atoms with E-state index in [1.54, 1.807) is 12.3 Å². The number of ketones is 1. The minimum absolute atomic E-state index is 0.0647. The standard InChI is InChI=1S/C27H34FN3O3/c1-17-10-22(14-29-20(17)4)25(32)13-21-11-24(28)12-23(19(21)3)16-30-7-8-31(18(2)15-30)27(33)26-6-5-9-34-26/h10-12,14,18,26H,5-9,13,15-16H2,1-4H3/t18-,26+/m0/s1. The number of benzene rings is 1. The van der Waals surface area contributed by atoms with E-state index in [1.807, 2.05) is 31.7 Å². The van der Waals surface area contributed by atoms with Crippen LogP contribution in [0.25, 0.3) is 0 Å². The van der Waals surface area contributed by atoms with Crippen molar-refractivity contribution in [3.63, 3.8) is 0 Å². The Bertz CT molecular complexity index is 1080. The summed E-state index contributed by atoms with van der Waals surface area (Å²) in [6.45, 7) is 11.2. The van der Waals surface area contributed by atoms with Gasteiger partial charge in [-0.1, -0.05) is 0 Å². The highest BCUT2D eigenvalue weighted by molar-refractivity contribution is 5.97. The molecule has 0 radical (unpaired) electrons. The van der Waals surface area contributed by atoms with E-state index in [2.05, 4.69) is 16.8 Å². The van der Waals surface area contributed by atoms with Crippen molar-refractivity contribution >= 4 is 11.7 Å². The lowest BCUT2D eigenvalue weighted by Gasteiger charge is -2.41. The highest BCUT2D eigenvalue weighted by Crippen LogP contribution is 2.23. The Balaban J connectivity index is 1.43. The third-order valence-electron chi connectivity index (χ3n) is 7.19. The van der Waals surface area contributed by atoms with Gasteiger partial charge in [0.25, 0.3) is 5.91 Å². The lowest BCUT2D eigenvalue weighted by Crippen LogP contribution is -2.55. The predicted octanol–water partition coefficient (Wildman–Crippen LogP) is 3.78. The Morgan fingerprint density at radius 1 is 1.15 bits per heavy atom. The number of hydrogen-bond donors (Lipinski definition) is 0. The zero-order chi connectivity index (χ0) is 24.4. The molecule has 2 aliphatic heterocycles. The summed E-state index contributed by atoms with van der Waals surface area (Å²) in [5, 5.41) is 0. The van der Waals surface area contributed by atoms with Crippen LogP contribution in [0.4, 0.5) is 4.39 Å². The lowest BCUT2D eigenvalue weighted by molar-refractivity contribution is -0.145. The molecule has 0 bridgehead atoms. The van der Waals surface area contributed by atoms with E-state index in [0.717, 1.165) is 48.3 Å². The van der Waals surface area contributed by atoms with Crippen LogP contribution in [0.1, 0.15) is 58.1 Å². The molecule has 6 nitrogen and oxygen atoms in total. The number of nitrogens with zero attached hydrogens (tertiary/aromatic N) is 3. The van der Waals surface area contributed by atoms with Crippen LogP contribution in [0.15, 0.2) is 24.4 Å². The van der Waals surface area contributed by atoms with E-state index >= 15 is 0 Å². The highest BCUT2D eigenvalue weighted by Gasteiger charge is 2.34. The van der Waals surface area contributed by atoms with Crippen LogP contribution in [-0.4, -0.2) is 64.9 Å². The van der Waals surface area contributed by atoms with Gasteiger partial charge in [0.1, 0.15) is 11.9 Å². The Morgan fingerprint density at radius 3 is 2.59 bits per heavy atom. The van der Waals surface area contributed by atoms with Gasteiger partial charge in [0.05, 0.1) is 0 Å². The maximum Gasteiger partial charge on any atom is 0.252 e. The Hall–Kier alpha value is -2.64. The van der Waals surface area contributed by atoms with E-state index < -0.39 is 0 Å². The van der Waals surface area contributed by atoms with E-state index in [0.29, 0.717) is 30.8 Å². The normalized spacial score (nSPS) is 21.1. The molecule has 182 valence electrons. The summed E-state index contributed by atoms with van der Waals surface area (Å²) in [6, 6.07) is 4.94. The van der Waals surface area contributed by atoms with Crippen LogP contribution in [-0.2, 0) is 22.5 Å². The lowest BCUT2D eigenvalue weighted by atomic mass is 9.95. The highest BCUT2D eigenvalue weighted by atomic mass is 19.1. The predicted molar refractivity (Wildman–Crippen MR) is 128 cm³/mol. The molecular weight excluding hydrogens is 433 g/mol. The molecule has 7 heteroatoms. The summed E-state index contributed by atoms with van der Waals surface area (Å²) in [5.41, 5.74) is 4.94. The van der Waals surface area contributed by atoms with Gasteiger partial charge in [0.2, 0.25) is 0 Å². The molecule has 0 saturated carbocycles. The number of rotatable bonds is 6. The number of aryl methyl sites for hydroxylation is 2. The molecule has 0 N–H and O–H groups in total. The zero-order valence-electron chi connectivity index (χ0n) is 20.6. The molecule has 4 rings (SSSR count). The first-order valence-electron chi connectivity index (χ1n) is 12.1. The van der Waals surface area contributed by atoms with Gasteiger partial charge in [-0.25, -0.2) is 4.39 Å². The smallest absolute Gasteiger partial charge is 0.252 e. The largest absolute Gasteiger partial charge is 0.368 e. The summed E-state index contributed by atoms with van der Waals surface area (Å²) in [7, 11) is 0. The van der Waals surface area contributed by atoms with E-state index in [4.69, 9.17) is 4.74 Å². The first-order valence-corrected chi connectivity index (χ1v) is 12.1. The molecule has 0 unspecified atom stereocenters. The van der Waals surface area contributed by atoms with Crippen molar-refractivity contribution in [2.45, 2.75) is 65.6 Å². The van der Waals surface area contributed by atoms with Gasteiger partial charge >= 0.3 is 0 Å². The molecule has 2 saturated heterocycles. The van der Waals surface area contributed by atoms with Crippen molar-refractivity contribution in [3.8, 4) is 0 Å². The van der Waals surface area contributed by atoms with Crippen molar-refractivity contribution in [2.75, 3.05) is 26.2 Å². The van der Waals surface area contributed by atoms with Crippen LogP contribution >= 0.6 is 0 Å². The van der Waals surface area contributed by atoms with Crippen molar-refractivity contribution in [3.05, 3.63) is 63.7 Å². The number of piperazine rings is 1. The van der Waals surface area contributed by atoms with E-state index in [1.165, 1.54) is 6.07 Å². The topological polar surface area (TPSA) is 62.7 Å². The molecule has 1 aromatic heterocycles. The Kier molecular flexibility index (Phi) is 7.43. The minimum atomic E-state index is -0.332. The van der Waals surface area contributed by atoms with Gasteiger partial charge in [-0.2, -0.15) is 0 Å². The minimum Gasteiger partial charge on any atom is -0.368 e. The summed E-state index contributed by atoms with van der Waals surface area (Å²) >= 11 is 0. The van der Waals surface area contributed by atoms with Gasteiger partial charge in [-0.3, -0.25) is 19.5 Å². The maximum atomic E-state index is 14.5. The number of halogens is 1. The van der Waals surface area contributed by atoms with Gasteiger partial charge in [-0.15, -0.1) is 0 Å². The maximum absolute atomic E-state index is 14.5. The number of amides is 1. The fourth-order valence-electron chi connectivity index (χ4n) is 4.92.